The van der Waals surface area contributed by atoms with Crippen molar-refractivity contribution < 1.29 is 24.2 Å². The van der Waals surface area contributed by atoms with Crippen molar-refractivity contribution >= 4 is 35.2 Å². The van der Waals surface area contributed by atoms with Gasteiger partial charge in [0.15, 0.2) is 0 Å². The van der Waals surface area contributed by atoms with Gasteiger partial charge in [0.1, 0.15) is 5.25 Å². The van der Waals surface area contributed by atoms with Crippen molar-refractivity contribution in [2.75, 3.05) is 25.1 Å². The third kappa shape index (κ3) is 9.00. The maximum absolute atomic E-state index is 13.5. The zero-order valence-electron chi connectivity index (χ0n) is 23.2. The number of ether oxygens (including phenoxy) is 1. The first kappa shape index (κ1) is 31.1. The van der Waals surface area contributed by atoms with E-state index in [0.717, 1.165) is 23.4 Å². The van der Waals surface area contributed by atoms with Crippen molar-refractivity contribution in [2.45, 2.75) is 89.0 Å². The minimum atomic E-state index is -0.866. The molecule has 4 N–H and O–H groups in total. The number of fused-ring (bicyclic) bond motifs is 1. The Hall–Kier alpha value is -2.10. The van der Waals surface area contributed by atoms with E-state index in [-0.39, 0.29) is 49.0 Å². The lowest BCUT2D eigenvalue weighted by atomic mass is 9.79. The molecule has 0 saturated carbocycles. The molecule has 0 aromatic heterocycles. The largest absolute Gasteiger partial charge is 0.468 e. The van der Waals surface area contributed by atoms with Gasteiger partial charge in [0, 0.05) is 36.4 Å². The molecule has 208 valence electrons. The van der Waals surface area contributed by atoms with Crippen LogP contribution in [0.3, 0.4) is 0 Å². The number of amides is 2. The zero-order valence-corrected chi connectivity index (χ0v) is 24.0. The van der Waals surface area contributed by atoms with Gasteiger partial charge in [-0.3, -0.25) is 14.4 Å². The van der Waals surface area contributed by atoms with Crippen LogP contribution in [0.5, 0.6) is 0 Å². The summed E-state index contributed by atoms with van der Waals surface area (Å²) in [6, 6.07) is 6.95. The summed E-state index contributed by atoms with van der Waals surface area (Å²) in [5.41, 5.74) is 6.69. The van der Waals surface area contributed by atoms with E-state index in [9.17, 15) is 19.5 Å². The molecule has 0 fully saturated rings. The monoisotopic (exact) mass is 535 g/mol. The van der Waals surface area contributed by atoms with Crippen LogP contribution >= 0.6 is 11.8 Å². The number of methoxy groups -OCH3 is 1. The molecule has 2 rings (SSSR count). The Labute approximate surface area is 226 Å². The minimum absolute atomic E-state index is 0.0501. The van der Waals surface area contributed by atoms with E-state index in [4.69, 9.17) is 10.5 Å². The topological polar surface area (TPSA) is 122 Å². The average Bonchev–Trinajstić information content (AvgIpc) is 2.84. The van der Waals surface area contributed by atoms with Crippen LogP contribution in [0.1, 0.15) is 66.7 Å². The van der Waals surface area contributed by atoms with Crippen molar-refractivity contribution in [3.05, 3.63) is 24.3 Å². The first-order chi connectivity index (χ1) is 17.4. The Bertz CT molecular complexity index is 923. The van der Waals surface area contributed by atoms with Crippen LogP contribution < -0.4 is 16.0 Å². The van der Waals surface area contributed by atoms with Gasteiger partial charge in [0.25, 0.3) is 0 Å². The van der Waals surface area contributed by atoms with E-state index in [0.29, 0.717) is 13.0 Å². The quantitative estimate of drug-likeness (QED) is 0.260. The minimum Gasteiger partial charge on any atom is -0.468 e. The van der Waals surface area contributed by atoms with Gasteiger partial charge in [0.2, 0.25) is 11.8 Å². The number of para-hydroxylation sites is 1. The lowest BCUT2D eigenvalue weighted by molar-refractivity contribution is -0.139. The van der Waals surface area contributed by atoms with Crippen molar-refractivity contribution in [1.82, 2.24) is 5.32 Å². The van der Waals surface area contributed by atoms with E-state index < -0.39 is 22.8 Å². The molecule has 4 atom stereocenters. The number of nitrogens with one attached hydrogen (secondary N) is 1. The number of rotatable bonds is 13. The molecule has 0 saturated heterocycles. The van der Waals surface area contributed by atoms with E-state index in [1.165, 1.54) is 18.9 Å². The first-order valence-electron chi connectivity index (χ1n) is 13.2. The van der Waals surface area contributed by atoms with Gasteiger partial charge >= 0.3 is 5.97 Å². The maximum atomic E-state index is 13.5. The van der Waals surface area contributed by atoms with Crippen molar-refractivity contribution in [3.63, 3.8) is 0 Å². The number of aliphatic hydroxyl groups excluding tert-OH is 1. The smallest absolute Gasteiger partial charge is 0.321 e. The second-order valence-corrected chi connectivity index (χ2v) is 12.4. The molecule has 37 heavy (non-hydrogen) atoms. The number of hydrogen-bond acceptors (Lipinski definition) is 7. The molecule has 1 aliphatic heterocycles. The third-order valence-electron chi connectivity index (χ3n) is 6.92. The van der Waals surface area contributed by atoms with E-state index in [2.05, 4.69) is 12.2 Å². The summed E-state index contributed by atoms with van der Waals surface area (Å²) in [5.74, 6) is -0.784. The molecule has 1 aliphatic rings. The van der Waals surface area contributed by atoms with E-state index >= 15 is 0 Å². The summed E-state index contributed by atoms with van der Waals surface area (Å²) in [4.78, 5) is 40.9. The number of nitrogens with two attached hydrogens (primary N) is 1. The molecule has 0 unspecified atom stereocenters. The molecule has 9 heteroatoms. The summed E-state index contributed by atoms with van der Waals surface area (Å²) < 4.78 is 4.93. The molecular weight excluding hydrogens is 490 g/mol. The number of nitrogens with zero attached hydrogens (tertiary/aromatic N) is 1. The zero-order chi connectivity index (χ0) is 27.8. The summed E-state index contributed by atoms with van der Waals surface area (Å²) in [5, 5.41) is 13.4. The van der Waals surface area contributed by atoms with Gasteiger partial charge in [-0.2, -0.15) is 0 Å². The maximum Gasteiger partial charge on any atom is 0.321 e. The standard InChI is InChI=1S/C28H45N3O5S/c1-7-8-13-30-26(34)19(18(2)3)14-22(32)20(29)15-28(4,5)16-25(33)31-17-24(27(35)36-6)37-23-12-10-9-11-21(23)31/h9-12,18-20,22,24,32H,7-8,13-17,29H2,1-6H3,(H,30,34)/t19-,20+,22+,24-/m1/s1. The summed E-state index contributed by atoms with van der Waals surface area (Å²) in [6.45, 7) is 10.8. The Morgan fingerprint density at radius 2 is 1.95 bits per heavy atom. The average molecular weight is 536 g/mol. The molecule has 1 aromatic carbocycles. The number of thioether (sulfide) groups is 1. The summed E-state index contributed by atoms with van der Waals surface area (Å²) >= 11 is 1.41. The Morgan fingerprint density at radius 1 is 1.27 bits per heavy atom. The third-order valence-corrected chi connectivity index (χ3v) is 8.14. The number of carbonyl (C=O) groups is 3. The number of carbonyl (C=O) groups excluding carboxylic acids is 3. The predicted octanol–water partition coefficient (Wildman–Crippen LogP) is 3.74. The summed E-state index contributed by atoms with van der Waals surface area (Å²) in [7, 11) is 1.35. The predicted molar refractivity (Wildman–Crippen MR) is 148 cm³/mol. The van der Waals surface area contributed by atoms with Crippen molar-refractivity contribution in [2.24, 2.45) is 23.0 Å². The highest BCUT2D eigenvalue weighted by Gasteiger charge is 2.37. The van der Waals surface area contributed by atoms with Gasteiger partial charge in [-0.15, -0.1) is 11.8 Å². The van der Waals surface area contributed by atoms with Crippen LogP contribution in [0.25, 0.3) is 0 Å². The number of aliphatic hydroxyl groups is 1. The highest BCUT2D eigenvalue weighted by molar-refractivity contribution is 8.00. The Morgan fingerprint density at radius 3 is 2.57 bits per heavy atom. The van der Waals surface area contributed by atoms with Crippen molar-refractivity contribution in [1.29, 1.82) is 0 Å². The van der Waals surface area contributed by atoms with E-state index in [1.807, 2.05) is 52.0 Å². The van der Waals surface area contributed by atoms with Crippen LogP contribution in [0, 0.1) is 17.3 Å². The molecule has 2 amide bonds. The highest BCUT2D eigenvalue weighted by Crippen LogP contribution is 2.40. The molecule has 1 aromatic rings. The highest BCUT2D eigenvalue weighted by atomic mass is 32.2. The van der Waals surface area contributed by atoms with Crippen molar-refractivity contribution in [3.8, 4) is 0 Å². The SMILES string of the molecule is CCCCNC(=O)[C@H](C[C@H](O)[C@@H](N)CC(C)(C)CC(=O)N1C[C@H](C(=O)OC)Sc2ccccc21)C(C)C. The Kier molecular flexibility index (Phi) is 11.9. The number of esters is 1. The van der Waals surface area contributed by atoms with Gasteiger partial charge in [-0.05, 0) is 42.7 Å². The lowest BCUT2D eigenvalue weighted by Crippen LogP contribution is -2.46. The van der Waals surface area contributed by atoms with Crippen LogP contribution in [0.2, 0.25) is 0 Å². The molecule has 0 aliphatic carbocycles. The lowest BCUT2D eigenvalue weighted by Gasteiger charge is -2.36. The second-order valence-electron chi connectivity index (χ2n) is 11.1. The molecule has 0 bridgehead atoms. The van der Waals surface area contributed by atoms with Gasteiger partial charge in [-0.1, -0.05) is 53.2 Å². The summed E-state index contributed by atoms with van der Waals surface area (Å²) in [6.07, 6.45) is 1.94. The van der Waals surface area contributed by atoms with Gasteiger partial charge in [-0.25, -0.2) is 0 Å². The fourth-order valence-corrected chi connectivity index (χ4v) is 5.89. The van der Waals surface area contributed by atoms with Gasteiger partial charge in [0.05, 0.1) is 18.9 Å². The number of anilines is 1. The van der Waals surface area contributed by atoms with Crippen LogP contribution in [0.4, 0.5) is 5.69 Å². The normalized spacial score (nSPS) is 18.1. The Balaban J connectivity index is 2.04. The number of unbranched alkanes of at least 4 members (excludes halogenated alkanes) is 1. The molecule has 8 nitrogen and oxygen atoms in total. The second kappa shape index (κ2) is 14.2. The van der Waals surface area contributed by atoms with Gasteiger partial charge < -0.3 is 25.8 Å². The number of hydrogen-bond donors (Lipinski definition) is 3. The van der Waals surface area contributed by atoms with E-state index in [1.54, 1.807) is 4.90 Å². The fraction of sp³-hybridized carbons (Fsp3) is 0.679. The first-order valence-corrected chi connectivity index (χ1v) is 14.1. The molecular formula is C28H45N3O5S. The molecule has 1 heterocycles. The fourth-order valence-electron chi connectivity index (χ4n) is 4.71. The molecule has 0 radical (unpaired) electrons. The van der Waals surface area contributed by atoms with Crippen LogP contribution in [-0.2, 0) is 19.1 Å². The van der Waals surface area contributed by atoms with Crippen LogP contribution in [0.15, 0.2) is 29.2 Å². The molecule has 0 spiro atoms. The van der Waals surface area contributed by atoms with Crippen LogP contribution in [-0.4, -0.2) is 60.5 Å². The number of benzene rings is 1.